The maximum Gasteiger partial charge on any atom is 0.407 e. The van der Waals surface area contributed by atoms with Gasteiger partial charge in [0.2, 0.25) is 0 Å². The third-order valence-corrected chi connectivity index (χ3v) is 6.46. The normalized spacial score (nSPS) is 20.3. The SMILES string of the molecule is CC(C)(C)OC(=O)NC[C@@H]1CC[C@H](O)[C@@H](COC(c2ccccc2)(c2ccccc2)c2ccccc2)O1. The first-order valence-corrected chi connectivity index (χ1v) is 12.9. The second kappa shape index (κ2) is 11.9. The van der Waals surface area contributed by atoms with Crippen LogP contribution in [0.25, 0.3) is 0 Å². The first-order chi connectivity index (χ1) is 17.8. The van der Waals surface area contributed by atoms with Gasteiger partial charge in [0, 0.05) is 6.54 Å². The highest BCUT2D eigenvalue weighted by Gasteiger charge is 2.40. The number of ether oxygens (including phenoxy) is 3. The molecule has 0 radical (unpaired) electrons. The zero-order valence-corrected chi connectivity index (χ0v) is 21.8. The Kier molecular flexibility index (Phi) is 8.64. The molecule has 2 N–H and O–H groups in total. The monoisotopic (exact) mass is 503 g/mol. The summed E-state index contributed by atoms with van der Waals surface area (Å²) in [5.74, 6) is 0. The first kappa shape index (κ1) is 26.9. The predicted octanol–water partition coefficient (Wildman–Crippen LogP) is 5.43. The molecule has 0 saturated carbocycles. The standard InChI is InChI=1S/C31H37NO5/c1-30(2,3)37-29(34)32-21-26-19-20-27(33)28(36-26)22-35-31(23-13-7-4-8-14-23,24-15-9-5-10-16-24)25-17-11-6-12-18-25/h4-18,26-28,33H,19-22H2,1-3H3,(H,32,34)/t26-,27-,28+/m0/s1. The number of carbonyl (C=O) groups excluding carboxylic acids is 1. The number of amides is 1. The van der Waals surface area contributed by atoms with Crippen molar-refractivity contribution in [2.24, 2.45) is 0 Å². The number of alkyl carbamates (subject to hydrolysis) is 1. The fraction of sp³-hybridized carbons (Fsp3) is 0.387. The molecule has 1 fully saturated rings. The van der Waals surface area contributed by atoms with Gasteiger partial charge < -0.3 is 24.6 Å². The number of aliphatic hydroxyl groups excluding tert-OH is 1. The van der Waals surface area contributed by atoms with Crippen LogP contribution in [0.2, 0.25) is 0 Å². The summed E-state index contributed by atoms with van der Waals surface area (Å²) in [5.41, 5.74) is 1.50. The van der Waals surface area contributed by atoms with Crippen molar-refractivity contribution in [3.05, 3.63) is 108 Å². The van der Waals surface area contributed by atoms with Gasteiger partial charge in [-0.2, -0.15) is 0 Å². The van der Waals surface area contributed by atoms with Crippen LogP contribution in [0.3, 0.4) is 0 Å². The largest absolute Gasteiger partial charge is 0.444 e. The summed E-state index contributed by atoms with van der Waals surface area (Å²) in [6.07, 6.45) is -0.749. The summed E-state index contributed by atoms with van der Waals surface area (Å²) < 4.78 is 18.4. The van der Waals surface area contributed by atoms with E-state index in [1.54, 1.807) is 0 Å². The quantitative estimate of drug-likeness (QED) is 0.401. The molecule has 37 heavy (non-hydrogen) atoms. The molecular formula is C31H37NO5. The van der Waals surface area contributed by atoms with Crippen molar-refractivity contribution in [3.63, 3.8) is 0 Å². The lowest BCUT2D eigenvalue weighted by molar-refractivity contribution is -0.156. The maximum absolute atomic E-state index is 12.1. The van der Waals surface area contributed by atoms with Gasteiger partial charge in [0.25, 0.3) is 0 Å². The molecule has 6 heteroatoms. The molecule has 1 aliphatic rings. The third-order valence-electron chi connectivity index (χ3n) is 6.46. The highest BCUT2D eigenvalue weighted by atomic mass is 16.6. The van der Waals surface area contributed by atoms with Crippen LogP contribution in [-0.2, 0) is 19.8 Å². The molecule has 1 amide bonds. The molecule has 0 spiro atoms. The van der Waals surface area contributed by atoms with Crippen LogP contribution in [0, 0.1) is 0 Å². The van der Waals surface area contributed by atoms with Crippen molar-refractivity contribution >= 4 is 6.09 Å². The predicted molar refractivity (Wildman–Crippen MR) is 143 cm³/mol. The van der Waals surface area contributed by atoms with Crippen molar-refractivity contribution < 1.29 is 24.1 Å². The molecule has 3 atom stereocenters. The van der Waals surface area contributed by atoms with Crippen LogP contribution in [0.5, 0.6) is 0 Å². The zero-order chi connectivity index (χ0) is 26.3. The summed E-state index contributed by atoms with van der Waals surface area (Å²) in [4.78, 5) is 12.1. The van der Waals surface area contributed by atoms with Crippen molar-refractivity contribution in [3.8, 4) is 0 Å². The van der Waals surface area contributed by atoms with Crippen LogP contribution >= 0.6 is 0 Å². The number of aliphatic hydroxyl groups is 1. The second-order valence-corrected chi connectivity index (χ2v) is 10.4. The van der Waals surface area contributed by atoms with E-state index in [9.17, 15) is 9.90 Å². The van der Waals surface area contributed by atoms with Crippen LogP contribution in [0.4, 0.5) is 4.79 Å². The lowest BCUT2D eigenvalue weighted by Gasteiger charge is -2.39. The van der Waals surface area contributed by atoms with Gasteiger partial charge >= 0.3 is 6.09 Å². The van der Waals surface area contributed by atoms with Crippen LogP contribution in [0.1, 0.15) is 50.3 Å². The van der Waals surface area contributed by atoms with E-state index in [1.807, 2.05) is 75.4 Å². The Hall–Kier alpha value is -3.19. The number of hydrogen-bond acceptors (Lipinski definition) is 5. The number of rotatable bonds is 8. The average Bonchev–Trinajstić information content (AvgIpc) is 2.90. The van der Waals surface area contributed by atoms with E-state index in [0.29, 0.717) is 19.4 Å². The Labute approximate surface area is 219 Å². The molecule has 3 aromatic rings. The van der Waals surface area contributed by atoms with Crippen molar-refractivity contribution in [2.75, 3.05) is 13.2 Å². The molecule has 3 aromatic carbocycles. The van der Waals surface area contributed by atoms with Crippen molar-refractivity contribution in [1.29, 1.82) is 0 Å². The minimum Gasteiger partial charge on any atom is -0.444 e. The fourth-order valence-corrected chi connectivity index (χ4v) is 4.74. The lowest BCUT2D eigenvalue weighted by Crippen LogP contribution is -2.48. The molecule has 0 aliphatic carbocycles. The highest BCUT2D eigenvalue weighted by Crippen LogP contribution is 2.41. The Balaban J connectivity index is 1.56. The summed E-state index contributed by atoms with van der Waals surface area (Å²) in [6, 6.07) is 30.3. The summed E-state index contributed by atoms with van der Waals surface area (Å²) in [7, 11) is 0. The molecule has 6 nitrogen and oxygen atoms in total. The van der Waals surface area contributed by atoms with E-state index >= 15 is 0 Å². The summed E-state index contributed by atoms with van der Waals surface area (Å²) in [6.45, 7) is 5.95. The van der Waals surface area contributed by atoms with Gasteiger partial charge in [-0.15, -0.1) is 0 Å². The minimum absolute atomic E-state index is 0.169. The maximum atomic E-state index is 12.1. The van der Waals surface area contributed by atoms with E-state index < -0.39 is 29.5 Å². The number of hydrogen-bond donors (Lipinski definition) is 2. The Morgan fingerprint density at radius 3 is 1.81 bits per heavy atom. The van der Waals surface area contributed by atoms with Gasteiger partial charge in [-0.05, 0) is 50.3 Å². The average molecular weight is 504 g/mol. The van der Waals surface area contributed by atoms with Crippen LogP contribution in [0.15, 0.2) is 91.0 Å². The second-order valence-electron chi connectivity index (χ2n) is 10.4. The smallest absolute Gasteiger partial charge is 0.407 e. The van der Waals surface area contributed by atoms with Crippen molar-refractivity contribution in [1.82, 2.24) is 5.32 Å². The Morgan fingerprint density at radius 1 is 0.865 bits per heavy atom. The minimum atomic E-state index is -0.894. The lowest BCUT2D eigenvalue weighted by atomic mass is 9.80. The van der Waals surface area contributed by atoms with Gasteiger partial charge in [-0.25, -0.2) is 4.79 Å². The molecule has 1 saturated heterocycles. The zero-order valence-electron chi connectivity index (χ0n) is 21.8. The molecular weight excluding hydrogens is 466 g/mol. The number of nitrogens with one attached hydrogen (secondary N) is 1. The van der Waals surface area contributed by atoms with Crippen LogP contribution in [-0.4, -0.2) is 48.3 Å². The van der Waals surface area contributed by atoms with E-state index in [4.69, 9.17) is 14.2 Å². The third kappa shape index (κ3) is 6.77. The Bertz CT molecular complexity index is 1020. The van der Waals surface area contributed by atoms with E-state index in [2.05, 4.69) is 41.7 Å². The van der Waals surface area contributed by atoms with E-state index in [-0.39, 0.29) is 12.7 Å². The van der Waals surface area contributed by atoms with E-state index in [1.165, 1.54) is 0 Å². The number of carbonyl (C=O) groups is 1. The van der Waals surface area contributed by atoms with Gasteiger partial charge in [0.05, 0.1) is 18.8 Å². The summed E-state index contributed by atoms with van der Waals surface area (Å²) >= 11 is 0. The Morgan fingerprint density at radius 2 is 1.35 bits per heavy atom. The highest BCUT2D eigenvalue weighted by molar-refractivity contribution is 5.67. The first-order valence-electron chi connectivity index (χ1n) is 12.9. The van der Waals surface area contributed by atoms with Crippen LogP contribution < -0.4 is 5.32 Å². The molecule has 196 valence electrons. The molecule has 4 rings (SSSR count). The molecule has 0 unspecified atom stereocenters. The molecule has 1 aliphatic heterocycles. The van der Waals surface area contributed by atoms with Gasteiger partial charge in [0.1, 0.15) is 17.3 Å². The van der Waals surface area contributed by atoms with Gasteiger partial charge in [0.15, 0.2) is 0 Å². The van der Waals surface area contributed by atoms with Crippen molar-refractivity contribution in [2.45, 2.75) is 63.1 Å². The van der Waals surface area contributed by atoms with E-state index in [0.717, 1.165) is 16.7 Å². The molecule has 0 aromatic heterocycles. The fourth-order valence-electron chi connectivity index (χ4n) is 4.74. The summed E-state index contributed by atoms with van der Waals surface area (Å²) in [5, 5.41) is 13.6. The number of benzene rings is 3. The van der Waals surface area contributed by atoms with Gasteiger partial charge in [-0.1, -0.05) is 91.0 Å². The molecule has 0 bridgehead atoms. The topological polar surface area (TPSA) is 77.0 Å². The molecule has 1 heterocycles. The van der Waals surface area contributed by atoms with Gasteiger partial charge in [-0.3, -0.25) is 0 Å².